The monoisotopic (exact) mass is 500 g/mol. The molecule has 1 atom stereocenters. The number of nitrogens with zero attached hydrogens (tertiary/aromatic N) is 2. The summed E-state index contributed by atoms with van der Waals surface area (Å²) in [5.74, 6) is -0.371. The Kier molecular flexibility index (Phi) is 7.74. The number of hydrogen-bond acceptors (Lipinski definition) is 5. The van der Waals surface area contributed by atoms with Crippen LogP contribution in [0.3, 0.4) is 0 Å². The first-order chi connectivity index (χ1) is 15.2. The predicted octanol–water partition coefficient (Wildman–Crippen LogP) is 4.47. The van der Waals surface area contributed by atoms with Crippen molar-refractivity contribution in [3.8, 4) is 5.75 Å². The van der Waals surface area contributed by atoms with Gasteiger partial charge in [0.25, 0.3) is 11.7 Å². The van der Waals surface area contributed by atoms with Gasteiger partial charge in [0.2, 0.25) is 0 Å². The van der Waals surface area contributed by atoms with Crippen LogP contribution in [0.15, 0.2) is 58.6 Å². The number of rotatable bonds is 8. The van der Waals surface area contributed by atoms with Crippen LogP contribution in [0.25, 0.3) is 5.76 Å². The van der Waals surface area contributed by atoms with Crippen molar-refractivity contribution in [2.24, 2.45) is 5.92 Å². The number of carbonyl (C=O) groups is 2. The number of Topliss-reactive ketones (excluding diaryl/α,β-unsaturated/α-hetero) is 1. The third-order valence-electron chi connectivity index (χ3n) is 5.22. The van der Waals surface area contributed by atoms with E-state index >= 15 is 0 Å². The molecule has 7 heteroatoms. The SMILES string of the molecule is CC(C)COc1ccc(C(O)=C2C(=O)C(=O)N(CCN(C)C)[C@H]2c2ccc(Br)cc2)cc1. The fourth-order valence-corrected chi connectivity index (χ4v) is 3.80. The molecule has 0 radical (unpaired) electrons. The summed E-state index contributed by atoms with van der Waals surface area (Å²) in [5, 5.41) is 11.1. The molecule has 6 nitrogen and oxygen atoms in total. The van der Waals surface area contributed by atoms with Crippen molar-refractivity contribution < 1.29 is 19.4 Å². The summed E-state index contributed by atoms with van der Waals surface area (Å²) < 4.78 is 6.59. The first-order valence-corrected chi connectivity index (χ1v) is 11.4. The number of halogens is 1. The van der Waals surface area contributed by atoms with Gasteiger partial charge in [0.15, 0.2) is 0 Å². The molecule has 1 fully saturated rings. The lowest BCUT2D eigenvalue weighted by molar-refractivity contribution is -0.140. The van der Waals surface area contributed by atoms with E-state index in [-0.39, 0.29) is 11.3 Å². The van der Waals surface area contributed by atoms with Gasteiger partial charge in [-0.2, -0.15) is 0 Å². The first kappa shape index (κ1) is 24.0. The second-order valence-corrected chi connectivity index (χ2v) is 9.49. The molecule has 1 N–H and O–H groups in total. The Morgan fingerprint density at radius 3 is 2.28 bits per heavy atom. The van der Waals surface area contributed by atoms with Crippen LogP contribution >= 0.6 is 15.9 Å². The highest BCUT2D eigenvalue weighted by Crippen LogP contribution is 2.39. The molecule has 1 heterocycles. The van der Waals surface area contributed by atoms with Gasteiger partial charge in [-0.3, -0.25) is 9.59 Å². The van der Waals surface area contributed by atoms with Crippen molar-refractivity contribution in [2.75, 3.05) is 33.8 Å². The van der Waals surface area contributed by atoms with E-state index < -0.39 is 17.7 Å². The average molecular weight is 501 g/mol. The molecular weight excluding hydrogens is 472 g/mol. The van der Waals surface area contributed by atoms with Gasteiger partial charge in [0.05, 0.1) is 18.2 Å². The molecule has 2 aromatic carbocycles. The summed E-state index contributed by atoms with van der Waals surface area (Å²) in [6.45, 7) is 5.69. The van der Waals surface area contributed by atoms with E-state index in [2.05, 4.69) is 29.8 Å². The van der Waals surface area contributed by atoms with Gasteiger partial charge >= 0.3 is 0 Å². The minimum Gasteiger partial charge on any atom is -0.507 e. The van der Waals surface area contributed by atoms with E-state index in [1.165, 1.54) is 4.90 Å². The molecule has 0 aliphatic carbocycles. The number of aliphatic hydroxyl groups is 1. The fourth-order valence-electron chi connectivity index (χ4n) is 3.54. The minimum atomic E-state index is -0.672. The van der Waals surface area contributed by atoms with E-state index in [9.17, 15) is 14.7 Å². The highest BCUT2D eigenvalue weighted by atomic mass is 79.9. The summed E-state index contributed by atoms with van der Waals surface area (Å²) in [6, 6.07) is 13.7. The zero-order valence-corrected chi connectivity index (χ0v) is 20.4. The molecule has 170 valence electrons. The number of benzene rings is 2. The van der Waals surface area contributed by atoms with Gasteiger partial charge in [0.1, 0.15) is 11.5 Å². The third-order valence-corrected chi connectivity index (χ3v) is 5.75. The van der Waals surface area contributed by atoms with Crippen LogP contribution in [0.1, 0.15) is 31.0 Å². The lowest BCUT2D eigenvalue weighted by Crippen LogP contribution is -2.35. The zero-order chi connectivity index (χ0) is 23.4. The Morgan fingerprint density at radius 1 is 1.09 bits per heavy atom. The maximum absolute atomic E-state index is 13.0. The van der Waals surface area contributed by atoms with Crippen molar-refractivity contribution in [3.05, 3.63) is 69.7 Å². The van der Waals surface area contributed by atoms with E-state index in [1.807, 2.05) is 43.3 Å². The molecular formula is C25H29BrN2O4. The van der Waals surface area contributed by atoms with E-state index in [0.717, 1.165) is 10.0 Å². The van der Waals surface area contributed by atoms with Crippen LogP contribution in [0.5, 0.6) is 5.75 Å². The van der Waals surface area contributed by atoms with Crippen LogP contribution in [0, 0.1) is 5.92 Å². The number of likely N-dealkylation sites (tertiary alicyclic amines) is 1. The van der Waals surface area contributed by atoms with Crippen LogP contribution in [-0.4, -0.2) is 60.4 Å². The van der Waals surface area contributed by atoms with Gasteiger partial charge < -0.3 is 19.6 Å². The number of hydrogen-bond donors (Lipinski definition) is 1. The topological polar surface area (TPSA) is 70.1 Å². The number of amides is 1. The maximum Gasteiger partial charge on any atom is 0.295 e. The standard InChI is InChI=1S/C25H29BrN2O4/c1-16(2)15-32-20-11-7-18(8-12-20)23(29)21-22(17-5-9-19(26)10-6-17)28(14-13-27(3)4)25(31)24(21)30/h5-12,16,22,29H,13-15H2,1-4H3/t22-/m0/s1. The Bertz CT molecular complexity index is 998. The minimum absolute atomic E-state index is 0.104. The molecule has 2 aromatic rings. The van der Waals surface area contributed by atoms with Gasteiger partial charge in [-0.15, -0.1) is 0 Å². The number of ether oxygens (including phenoxy) is 1. The van der Waals surface area contributed by atoms with Crippen LogP contribution in [-0.2, 0) is 9.59 Å². The van der Waals surface area contributed by atoms with Crippen molar-refractivity contribution in [3.63, 3.8) is 0 Å². The number of likely N-dealkylation sites (N-methyl/N-ethyl adjacent to an activating group) is 1. The number of ketones is 1. The highest BCUT2D eigenvalue weighted by molar-refractivity contribution is 9.10. The highest BCUT2D eigenvalue weighted by Gasteiger charge is 2.45. The average Bonchev–Trinajstić information content (AvgIpc) is 3.01. The number of carbonyl (C=O) groups excluding carboxylic acids is 2. The first-order valence-electron chi connectivity index (χ1n) is 10.6. The molecule has 32 heavy (non-hydrogen) atoms. The molecule has 0 saturated carbocycles. The van der Waals surface area contributed by atoms with E-state index in [0.29, 0.717) is 36.9 Å². The third kappa shape index (κ3) is 5.40. The van der Waals surface area contributed by atoms with Crippen LogP contribution < -0.4 is 4.74 Å². The van der Waals surface area contributed by atoms with Gasteiger partial charge in [0, 0.05) is 23.1 Å². The van der Waals surface area contributed by atoms with Gasteiger partial charge in [-0.05, 0) is 62.0 Å². The van der Waals surface area contributed by atoms with Crippen molar-refractivity contribution in [1.29, 1.82) is 0 Å². The summed E-state index contributed by atoms with van der Waals surface area (Å²) >= 11 is 3.42. The summed E-state index contributed by atoms with van der Waals surface area (Å²) in [6.07, 6.45) is 0. The molecule has 1 aliphatic rings. The second-order valence-electron chi connectivity index (χ2n) is 8.58. The molecule has 1 saturated heterocycles. The van der Waals surface area contributed by atoms with Crippen molar-refractivity contribution in [1.82, 2.24) is 9.80 Å². The van der Waals surface area contributed by atoms with E-state index in [1.54, 1.807) is 24.3 Å². The lowest BCUT2D eigenvalue weighted by atomic mass is 9.95. The van der Waals surface area contributed by atoms with Gasteiger partial charge in [-0.25, -0.2) is 0 Å². The molecule has 3 rings (SSSR count). The molecule has 1 aliphatic heterocycles. The Labute approximate surface area is 197 Å². The quantitative estimate of drug-likeness (QED) is 0.329. The zero-order valence-electron chi connectivity index (χ0n) is 18.8. The number of aliphatic hydroxyl groups excluding tert-OH is 1. The summed E-state index contributed by atoms with van der Waals surface area (Å²) in [7, 11) is 3.82. The normalized spacial score (nSPS) is 18.1. The Morgan fingerprint density at radius 2 is 1.72 bits per heavy atom. The summed E-state index contributed by atoms with van der Waals surface area (Å²) in [5.41, 5.74) is 1.34. The maximum atomic E-state index is 13.0. The Balaban J connectivity index is 2.02. The van der Waals surface area contributed by atoms with Crippen molar-refractivity contribution in [2.45, 2.75) is 19.9 Å². The lowest BCUT2D eigenvalue weighted by Gasteiger charge is -2.26. The predicted molar refractivity (Wildman–Crippen MR) is 128 cm³/mol. The molecule has 0 bridgehead atoms. The molecule has 0 spiro atoms. The summed E-state index contributed by atoms with van der Waals surface area (Å²) in [4.78, 5) is 29.4. The van der Waals surface area contributed by atoms with Crippen LogP contribution in [0.4, 0.5) is 0 Å². The van der Waals surface area contributed by atoms with E-state index in [4.69, 9.17) is 4.74 Å². The fraction of sp³-hybridized carbons (Fsp3) is 0.360. The van der Waals surface area contributed by atoms with Gasteiger partial charge in [-0.1, -0.05) is 41.9 Å². The smallest absolute Gasteiger partial charge is 0.295 e. The molecule has 0 unspecified atom stereocenters. The molecule has 0 aromatic heterocycles. The van der Waals surface area contributed by atoms with Crippen LogP contribution in [0.2, 0.25) is 0 Å². The molecule has 1 amide bonds. The Hall–Kier alpha value is -2.64. The largest absolute Gasteiger partial charge is 0.507 e. The van der Waals surface area contributed by atoms with Crippen molar-refractivity contribution >= 4 is 33.4 Å². The second kappa shape index (κ2) is 10.3.